The quantitative estimate of drug-likeness (QED) is 0.536. The Hall–Kier alpha value is -3.45. The van der Waals surface area contributed by atoms with Crippen molar-refractivity contribution in [3.8, 4) is 0 Å². The Bertz CT molecular complexity index is 1060. The lowest BCUT2D eigenvalue weighted by molar-refractivity contribution is -0.384. The van der Waals surface area contributed by atoms with Gasteiger partial charge in [0.1, 0.15) is 0 Å². The topological polar surface area (TPSA) is 94.2 Å². The number of nitro groups is 1. The molecule has 0 spiro atoms. The summed E-state index contributed by atoms with van der Waals surface area (Å²) in [5, 5.41) is 14.0. The minimum Gasteiger partial charge on any atom is -0.322 e. The molecule has 0 aliphatic rings. The molecule has 0 atom stereocenters. The lowest BCUT2D eigenvalue weighted by Gasteiger charge is -2.09. The summed E-state index contributed by atoms with van der Waals surface area (Å²) in [5.74, 6) is -0.472. The first-order chi connectivity index (χ1) is 12.9. The van der Waals surface area contributed by atoms with Crippen molar-refractivity contribution >= 4 is 28.9 Å². The maximum atomic E-state index is 12.4. The fourth-order valence-electron chi connectivity index (χ4n) is 2.48. The first kappa shape index (κ1) is 18.3. The van der Waals surface area contributed by atoms with Gasteiger partial charge in [0.2, 0.25) is 0 Å². The number of nitrogens with zero attached hydrogens (tertiary/aromatic N) is 2. The Morgan fingerprint density at radius 2 is 1.85 bits per heavy atom. The van der Waals surface area contributed by atoms with E-state index in [0.717, 1.165) is 5.56 Å². The van der Waals surface area contributed by atoms with Crippen LogP contribution < -0.4 is 10.9 Å². The van der Waals surface area contributed by atoms with Crippen LogP contribution in [-0.4, -0.2) is 15.4 Å². The smallest absolute Gasteiger partial charge is 0.271 e. The van der Waals surface area contributed by atoms with Gasteiger partial charge in [-0.15, -0.1) is 0 Å². The number of halogens is 1. The first-order valence-corrected chi connectivity index (χ1v) is 8.31. The second-order valence-electron chi connectivity index (χ2n) is 5.77. The van der Waals surface area contributed by atoms with E-state index in [1.165, 1.54) is 41.1 Å². The molecule has 1 amide bonds. The summed E-state index contributed by atoms with van der Waals surface area (Å²) in [5.41, 5.74) is 1.04. The molecule has 2 aromatic carbocycles. The second kappa shape index (κ2) is 7.84. The molecule has 3 rings (SSSR count). The molecule has 7 nitrogen and oxygen atoms in total. The van der Waals surface area contributed by atoms with Crippen LogP contribution in [0.1, 0.15) is 15.9 Å². The Labute approximate surface area is 159 Å². The van der Waals surface area contributed by atoms with Gasteiger partial charge in [0.25, 0.3) is 17.2 Å². The summed E-state index contributed by atoms with van der Waals surface area (Å²) >= 11 is 5.86. The largest absolute Gasteiger partial charge is 0.322 e. The van der Waals surface area contributed by atoms with E-state index < -0.39 is 10.8 Å². The monoisotopic (exact) mass is 383 g/mol. The second-order valence-corrected chi connectivity index (χ2v) is 6.21. The molecule has 0 unspecified atom stereocenters. The van der Waals surface area contributed by atoms with Crippen LogP contribution in [0.5, 0.6) is 0 Å². The van der Waals surface area contributed by atoms with E-state index in [1.54, 1.807) is 30.3 Å². The van der Waals surface area contributed by atoms with Crippen LogP contribution in [0.25, 0.3) is 0 Å². The zero-order valence-electron chi connectivity index (χ0n) is 14.0. The molecule has 0 fully saturated rings. The van der Waals surface area contributed by atoms with Crippen molar-refractivity contribution in [2.75, 3.05) is 5.32 Å². The Morgan fingerprint density at radius 3 is 2.56 bits per heavy atom. The van der Waals surface area contributed by atoms with Crippen molar-refractivity contribution in [1.82, 2.24) is 4.57 Å². The SMILES string of the molecule is O=C(Nc1cccc([N+](=O)[O-])c1)c1ccc(=O)n(Cc2ccc(Cl)cc2)c1. The summed E-state index contributed by atoms with van der Waals surface area (Å²) < 4.78 is 1.41. The molecular weight excluding hydrogens is 370 g/mol. The number of nitrogens with one attached hydrogen (secondary N) is 1. The van der Waals surface area contributed by atoms with E-state index >= 15 is 0 Å². The zero-order valence-corrected chi connectivity index (χ0v) is 14.7. The number of rotatable bonds is 5. The number of anilines is 1. The van der Waals surface area contributed by atoms with Gasteiger partial charge in [0, 0.05) is 35.1 Å². The maximum absolute atomic E-state index is 12.4. The van der Waals surface area contributed by atoms with Crippen LogP contribution in [0, 0.1) is 10.1 Å². The number of hydrogen-bond donors (Lipinski definition) is 1. The molecule has 27 heavy (non-hydrogen) atoms. The van der Waals surface area contributed by atoms with Crippen LogP contribution >= 0.6 is 11.6 Å². The molecule has 1 heterocycles. The van der Waals surface area contributed by atoms with E-state index in [9.17, 15) is 19.7 Å². The molecule has 8 heteroatoms. The van der Waals surface area contributed by atoms with Crippen LogP contribution in [-0.2, 0) is 6.54 Å². The number of carbonyl (C=O) groups excluding carboxylic acids is 1. The molecule has 0 saturated carbocycles. The fourth-order valence-corrected chi connectivity index (χ4v) is 2.60. The normalized spacial score (nSPS) is 10.4. The summed E-state index contributed by atoms with van der Waals surface area (Å²) in [6.45, 7) is 0.286. The third-order valence-corrected chi connectivity index (χ3v) is 4.08. The molecule has 0 saturated heterocycles. The van der Waals surface area contributed by atoms with Gasteiger partial charge in [0.15, 0.2) is 0 Å². The van der Waals surface area contributed by atoms with Crippen molar-refractivity contribution in [2.24, 2.45) is 0 Å². The van der Waals surface area contributed by atoms with Gasteiger partial charge >= 0.3 is 0 Å². The number of carbonyl (C=O) groups is 1. The number of pyridine rings is 1. The lowest BCUT2D eigenvalue weighted by atomic mass is 10.2. The van der Waals surface area contributed by atoms with Gasteiger partial charge in [-0.3, -0.25) is 19.7 Å². The Balaban J connectivity index is 1.81. The predicted molar refractivity (Wildman–Crippen MR) is 102 cm³/mol. The van der Waals surface area contributed by atoms with Crippen molar-refractivity contribution in [3.63, 3.8) is 0 Å². The maximum Gasteiger partial charge on any atom is 0.271 e. The molecule has 1 aromatic heterocycles. The van der Waals surface area contributed by atoms with Crippen molar-refractivity contribution in [1.29, 1.82) is 0 Å². The number of amides is 1. The van der Waals surface area contributed by atoms with Gasteiger partial charge < -0.3 is 9.88 Å². The van der Waals surface area contributed by atoms with E-state index in [-0.39, 0.29) is 23.4 Å². The van der Waals surface area contributed by atoms with Crippen LogP contribution in [0.3, 0.4) is 0 Å². The molecule has 3 aromatic rings. The minimum atomic E-state index is -0.540. The van der Waals surface area contributed by atoms with E-state index in [0.29, 0.717) is 10.7 Å². The minimum absolute atomic E-state index is 0.125. The fraction of sp³-hybridized carbons (Fsp3) is 0.0526. The summed E-state index contributed by atoms with van der Waals surface area (Å²) in [4.78, 5) is 34.8. The summed E-state index contributed by atoms with van der Waals surface area (Å²) in [6.07, 6.45) is 1.45. The molecular formula is C19H14ClN3O4. The molecule has 1 N–H and O–H groups in total. The lowest BCUT2D eigenvalue weighted by Crippen LogP contribution is -2.22. The van der Waals surface area contributed by atoms with Gasteiger partial charge in [-0.05, 0) is 29.8 Å². The van der Waals surface area contributed by atoms with Crippen molar-refractivity contribution in [2.45, 2.75) is 6.54 Å². The number of hydrogen-bond acceptors (Lipinski definition) is 4. The highest BCUT2D eigenvalue weighted by molar-refractivity contribution is 6.30. The average Bonchev–Trinajstić information content (AvgIpc) is 2.65. The highest BCUT2D eigenvalue weighted by Crippen LogP contribution is 2.18. The number of non-ortho nitro benzene ring substituents is 1. The summed E-state index contributed by atoms with van der Waals surface area (Å²) in [7, 11) is 0. The molecule has 0 aliphatic heterocycles. The van der Waals surface area contributed by atoms with Gasteiger partial charge in [-0.1, -0.05) is 29.8 Å². The third kappa shape index (κ3) is 4.59. The highest BCUT2D eigenvalue weighted by Gasteiger charge is 2.11. The van der Waals surface area contributed by atoms with Gasteiger partial charge in [-0.25, -0.2) is 0 Å². The third-order valence-electron chi connectivity index (χ3n) is 3.83. The molecule has 0 bridgehead atoms. The first-order valence-electron chi connectivity index (χ1n) is 7.93. The Morgan fingerprint density at radius 1 is 1.11 bits per heavy atom. The van der Waals surface area contributed by atoms with Gasteiger partial charge in [0.05, 0.1) is 17.0 Å². The highest BCUT2D eigenvalue weighted by atomic mass is 35.5. The van der Waals surface area contributed by atoms with Crippen LogP contribution in [0.15, 0.2) is 71.7 Å². The molecule has 136 valence electrons. The summed E-state index contributed by atoms with van der Waals surface area (Å²) in [6, 6.07) is 15.4. The van der Waals surface area contributed by atoms with E-state index in [4.69, 9.17) is 11.6 Å². The number of aromatic nitrogens is 1. The molecule has 0 aliphatic carbocycles. The van der Waals surface area contributed by atoms with E-state index in [1.807, 2.05) is 0 Å². The van der Waals surface area contributed by atoms with E-state index in [2.05, 4.69) is 5.32 Å². The predicted octanol–water partition coefficient (Wildman–Crippen LogP) is 3.71. The molecule has 0 radical (unpaired) electrons. The standard InChI is InChI=1S/C19H14ClN3O4/c20-15-7-4-13(5-8-15)11-22-12-14(6-9-18(22)24)19(25)21-16-2-1-3-17(10-16)23(26)27/h1-10,12H,11H2,(H,21,25). The average molecular weight is 384 g/mol. The van der Waals surface area contributed by atoms with Crippen LogP contribution in [0.2, 0.25) is 5.02 Å². The Kier molecular flexibility index (Phi) is 5.33. The number of benzene rings is 2. The van der Waals surface area contributed by atoms with Crippen molar-refractivity contribution in [3.05, 3.63) is 103 Å². The van der Waals surface area contributed by atoms with Crippen LogP contribution in [0.4, 0.5) is 11.4 Å². The van der Waals surface area contributed by atoms with Crippen molar-refractivity contribution < 1.29 is 9.72 Å². The number of nitro benzene ring substituents is 1. The van der Waals surface area contributed by atoms with Gasteiger partial charge in [-0.2, -0.15) is 0 Å². The zero-order chi connectivity index (χ0) is 19.4.